The van der Waals surface area contributed by atoms with Gasteiger partial charge in [0, 0.05) is 39.1 Å². The van der Waals surface area contributed by atoms with Crippen LogP contribution >= 0.6 is 23.4 Å². The lowest BCUT2D eigenvalue weighted by Crippen LogP contribution is -2.32. The lowest BCUT2D eigenvalue weighted by molar-refractivity contribution is -0.113. The fourth-order valence-electron chi connectivity index (χ4n) is 4.50. The van der Waals surface area contributed by atoms with E-state index in [0.717, 1.165) is 27.4 Å². The van der Waals surface area contributed by atoms with Gasteiger partial charge in [0.25, 0.3) is 5.91 Å². The summed E-state index contributed by atoms with van der Waals surface area (Å²) in [6.07, 6.45) is 1.58. The van der Waals surface area contributed by atoms with E-state index in [1.54, 1.807) is 36.6 Å². The molecule has 0 radical (unpaired) electrons. The third-order valence-electron chi connectivity index (χ3n) is 6.21. The third kappa shape index (κ3) is 5.21. The van der Waals surface area contributed by atoms with Gasteiger partial charge in [-0.15, -0.1) is 0 Å². The Bertz CT molecular complexity index is 1470. The van der Waals surface area contributed by atoms with Crippen LogP contribution in [0, 0.1) is 13.8 Å². The van der Waals surface area contributed by atoms with Gasteiger partial charge in [0.15, 0.2) is 0 Å². The average molecular weight is 533 g/mol. The second-order valence-corrected chi connectivity index (χ2v) is 10.3. The predicted molar refractivity (Wildman–Crippen MR) is 149 cm³/mol. The number of furan rings is 1. The maximum absolute atomic E-state index is 13.6. The van der Waals surface area contributed by atoms with E-state index in [1.807, 2.05) is 45.0 Å². The highest BCUT2D eigenvalue weighted by atomic mass is 35.5. The van der Waals surface area contributed by atoms with E-state index in [0.29, 0.717) is 39.2 Å². The largest absolute Gasteiger partial charge is 0.468 e. The van der Waals surface area contributed by atoms with Crippen molar-refractivity contribution in [2.75, 3.05) is 16.4 Å². The number of benzene rings is 2. The molecule has 0 fully saturated rings. The van der Waals surface area contributed by atoms with Crippen LogP contribution < -0.4 is 16.0 Å². The molecule has 3 amide bonds. The van der Waals surface area contributed by atoms with Crippen molar-refractivity contribution in [3.8, 4) is 0 Å². The minimum atomic E-state index is -0.527. The molecule has 188 valence electrons. The summed E-state index contributed by atoms with van der Waals surface area (Å²) in [6, 6.07) is 16.0. The number of aryl methyl sites for hydroxylation is 2. The number of amides is 3. The molecule has 2 aliphatic rings. The number of nitrogens with one attached hydrogen (secondary N) is 3. The predicted octanol–water partition coefficient (Wildman–Crippen LogP) is 6.78. The van der Waals surface area contributed by atoms with E-state index in [-0.39, 0.29) is 11.9 Å². The number of aliphatic imine (C=N–C) groups is 1. The zero-order valence-corrected chi connectivity index (χ0v) is 22.1. The van der Waals surface area contributed by atoms with Gasteiger partial charge in [-0.05, 0) is 68.8 Å². The molecule has 0 saturated heterocycles. The molecule has 5 rings (SSSR count). The van der Waals surface area contributed by atoms with Crippen molar-refractivity contribution in [3.05, 3.63) is 105 Å². The maximum atomic E-state index is 13.6. The highest BCUT2D eigenvalue weighted by molar-refractivity contribution is 8.15. The van der Waals surface area contributed by atoms with Gasteiger partial charge in [-0.25, -0.2) is 9.79 Å². The molecule has 0 aliphatic carbocycles. The van der Waals surface area contributed by atoms with Crippen LogP contribution in [-0.4, -0.2) is 22.7 Å². The second-order valence-electron chi connectivity index (χ2n) is 8.90. The molecule has 3 heterocycles. The van der Waals surface area contributed by atoms with Crippen LogP contribution in [0.1, 0.15) is 29.7 Å². The van der Waals surface area contributed by atoms with Crippen molar-refractivity contribution in [2.24, 2.45) is 4.99 Å². The lowest BCUT2D eigenvalue weighted by atomic mass is 9.84. The zero-order chi connectivity index (χ0) is 26.1. The van der Waals surface area contributed by atoms with E-state index < -0.39 is 5.92 Å². The lowest BCUT2D eigenvalue weighted by Gasteiger charge is -2.26. The van der Waals surface area contributed by atoms with Gasteiger partial charge < -0.3 is 20.4 Å². The number of rotatable bonds is 5. The maximum Gasteiger partial charge on any atom is 0.323 e. The van der Waals surface area contributed by atoms with Crippen LogP contribution in [0.3, 0.4) is 0 Å². The van der Waals surface area contributed by atoms with E-state index in [1.165, 1.54) is 11.8 Å². The number of thioether (sulfide) groups is 1. The fourth-order valence-corrected chi connectivity index (χ4v) is 5.73. The normalized spacial score (nSPS) is 16.9. The summed E-state index contributed by atoms with van der Waals surface area (Å²) >= 11 is 7.52. The Balaban J connectivity index is 1.48. The van der Waals surface area contributed by atoms with Gasteiger partial charge >= 0.3 is 6.03 Å². The van der Waals surface area contributed by atoms with Crippen LogP contribution in [0.4, 0.5) is 16.2 Å². The summed E-state index contributed by atoms with van der Waals surface area (Å²) < 4.78 is 5.79. The Morgan fingerprint density at radius 2 is 1.81 bits per heavy atom. The molecule has 1 unspecified atom stereocenters. The van der Waals surface area contributed by atoms with Crippen molar-refractivity contribution in [3.63, 3.8) is 0 Å². The summed E-state index contributed by atoms with van der Waals surface area (Å²) in [4.78, 5) is 31.3. The molecule has 2 aliphatic heterocycles. The number of allylic oxidation sites excluding steroid dienone is 1. The summed E-state index contributed by atoms with van der Waals surface area (Å²) in [7, 11) is 0. The molecule has 0 saturated carbocycles. The van der Waals surface area contributed by atoms with Crippen molar-refractivity contribution in [1.82, 2.24) is 5.32 Å². The van der Waals surface area contributed by atoms with Crippen molar-refractivity contribution in [1.29, 1.82) is 0 Å². The number of nitrogens with zero attached hydrogens (tertiary/aromatic N) is 1. The zero-order valence-electron chi connectivity index (χ0n) is 20.5. The minimum absolute atomic E-state index is 0.299. The van der Waals surface area contributed by atoms with Crippen molar-refractivity contribution in [2.45, 2.75) is 26.7 Å². The Morgan fingerprint density at radius 3 is 2.51 bits per heavy atom. The molecule has 3 aromatic rings. The Labute approximate surface area is 224 Å². The van der Waals surface area contributed by atoms with Gasteiger partial charge in [-0.3, -0.25) is 4.79 Å². The van der Waals surface area contributed by atoms with E-state index in [2.05, 4.69) is 16.0 Å². The number of hydrogen-bond acceptors (Lipinski definition) is 5. The standard InChI is InChI=1S/C28H25ClN4O3S/c1-15-6-11-20(16(2)13-15)32-28(35)33-21-14-37-27-24(21)25(22-5-4-12-36-22)23(17(3)30-27)26(34)31-19-9-7-18(29)8-10-19/h4-13,25H,14H2,1-3H3,(H,31,34)(H2,32,33,35). The minimum Gasteiger partial charge on any atom is -0.468 e. The van der Waals surface area contributed by atoms with Gasteiger partial charge in [-0.1, -0.05) is 41.1 Å². The quantitative estimate of drug-likeness (QED) is 0.337. The van der Waals surface area contributed by atoms with Crippen LogP contribution in [0.15, 0.2) is 92.8 Å². The van der Waals surface area contributed by atoms with Crippen LogP contribution in [0.5, 0.6) is 0 Å². The average Bonchev–Trinajstić information content (AvgIpc) is 3.52. The van der Waals surface area contributed by atoms with Crippen molar-refractivity contribution >= 4 is 51.7 Å². The highest BCUT2D eigenvalue weighted by Gasteiger charge is 2.40. The van der Waals surface area contributed by atoms with Crippen LogP contribution in [-0.2, 0) is 4.79 Å². The molecule has 0 spiro atoms. The summed E-state index contributed by atoms with van der Waals surface area (Å²) in [5, 5.41) is 10.2. The van der Waals surface area contributed by atoms with E-state index in [4.69, 9.17) is 21.0 Å². The number of halogens is 1. The fraction of sp³-hybridized carbons (Fsp3) is 0.179. The number of urea groups is 1. The summed E-state index contributed by atoms with van der Waals surface area (Å²) in [6.45, 7) is 5.78. The molecule has 37 heavy (non-hydrogen) atoms. The van der Waals surface area contributed by atoms with Crippen LogP contribution in [0.25, 0.3) is 0 Å². The summed E-state index contributed by atoms with van der Waals surface area (Å²) in [5.74, 6) is 0.290. The number of carbonyl (C=O) groups excluding carboxylic acids is 2. The van der Waals surface area contributed by atoms with Gasteiger partial charge in [0.2, 0.25) is 0 Å². The molecule has 9 heteroatoms. The highest BCUT2D eigenvalue weighted by Crippen LogP contribution is 2.46. The first-order valence-corrected chi connectivity index (χ1v) is 13.1. The topological polar surface area (TPSA) is 95.7 Å². The number of fused-ring (bicyclic) bond motifs is 1. The van der Waals surface area contributed by atoms with Crippen LogP contribution in [0.2, 0.25) is 5.02 Å². The molecular weight excluding hydrogens is 508 g/mol. The van der Waals surface area contributed by atoms with E-state index in [9.17, 15) is 9.59 Å². The van der Waals surface area contributed by atoms with E-state index >= 15 is 0 Å². The first-order chi connectivity index (χ1) is 17.8. The first-order valence-electron chi connectivity index (χ1n) is 11.7. The number of hydrogen-bond donors (Lipinski definition) is 3. The summed E-state index contributed by atoms with van der Waals surface area (Å²) in [5.41, 5.74) is 5.96. The molecule has 3 N–H and O–H groups in total. The van der Waals surface area contributed by atoms with Gasteiger partial charge in [0.1, 0.15) is 10.8 Å². The first kappa shape index (κ1) is 24.9. The molecule has 1 atom stereocenters. The van der Waals surface area contributed by atoms with Crippen molar-refractivity contribution < 1.29 is 14.0 Å². The molecule has 2 aromatic carbocycles. The molecule has 0 bridgehead atoms. The third-order valence-corrected chi connectivity index (χ3v) is 7.48. The smallest absolute Gasteiger partial charge is 0.323 e. The number of anilines is 2. The monoisotopic (exact) mass is 532 g/mol. The number of carbonyl (C=O) groups is 2. The second kappa shape index (κ2) is 10.3. The molecule has 7 nitrogen and oxygen atoms in total. The molecule has 1 aromatic heterocycles. The van der Waals surface area contributed by atoms with Gasteiger partial charge in [0.05, 0.1) is 17.8 Å². The Morgan fingerprint density at radius 1 is 1.03 bits per heavy atom. The Kier molecular flexibility index (Phi) is 6.95. The molecular formula is C28H25ClN4O3S. The SMILES string of the molecule is CC1=C(C(=O)Nc2ccc(Cl)cc2)C(c2ccco2)C2=C(NC(=O)Nc3ccc(C)cc3C)CSC2=N1. The van der Waals surface area contributed by atoms with Gasteiger partial charge in [-0.2, -0.15) is 0 Å². The Hall–Kier alpha value is -3.75.